The number of carbonyl (C=O) groups is 1. The number of rotatable bonds is 6. The van der Waals surface area contributed by atoms with E-state index in [4.69, 9.17) is 11.6 Å². The van der Waals surface area contributed by atoms with Crippen molar-refractivity contribution in [1.82, 2.24) is 9.97 Å². The maximum absolute atomic E-state index is 12.2. The molecule has 9 heteroatoms. The van der Waals surface area contributed by atoms with Gasteiger partial charge in [-0.15, -0.1) is 0 Å². The van der Waals surface area contributed by atoms with Crippen LogP contribution < -0.4 is 4.90 Å². The molecular weight excluding hydrogens is 336 g/mol. The molecule has 0 aromatic carbocycles. The van der Waals surface area contributed by atoms with E-state index >= 15 is 0 Å². The zero-order valence-corrected chi connectivity index (χ0v) is 14.1. The number of hydrogen-bond donors (Lipinski definition) is 1. The van der Waals surface area contributed by atoms with E-state index in [1.807, 2.05) is 0 Å². The lowest BCUT2D eigenvalue weighted by molar-refractivity contribution is -0.384. The SMILES string of the molecule is C[C@](C(=O)O)(C1CC1)N(c1nc(Cl)ncc1[N+](=O)[O-])C1CCCC1. The highest BCUT2D eigenvalue weighted by atomic mass is 35.5. The van der Waals surface area contributed by atoms with Crippen LogP contribution in [-0.2, 0) is 4.79 Å². The number of carboxylic acids is 1. The predicted molar refractivity (Wildman–Crippen MR) is 87.2 cm³/mol. The Morgan fingerprint density at radius 3 is 2.54 bits per heavy atom. The molecule has 0 unspecified atom stereocenters. The molecule has 1 aromatic heterocycles. The summed E-state index contributed by atoms with van der Waals surface area (Å²) in [6.07, 6.45) is 6.14. The summed E-state index contributed by atoms with van der Waals surface area (Å²) in [4.78, 5) is 32.4. The van der Waals surface area contributed by atoms with Crippen molar-refractivity contribution in [1.29, 1.82) is 0 Å². The Bertz CT molecular complexity index is 675. The van der Waals surface area contributed by atoms with Crippen LogP contribution in [0.4, 0.5) is 11.5 Å². The largest absolute Gasteiger partial charge is 0.479 e. The van der Waals surface area contributed by atoms with E-state index in [0.717, 1.165) is 44.7 Å². The molecule has 3 rings (SSSR count). The van der Waals surface area contributed by atoms with Crippen molar-refractivity contribution in [2.24, 2.45) is 5.92 Å². The Morgan fingerprint density at radius 1 is 1.42 bits per heavy atom. The summed E-state index contributed by atoms with van der Waals surface area (Å²) in [6, 6.07) is -0.101. The number of aliphatic carboxylic acids is 1. The van der Waals surface area contributed by atoms with Gasteiger partial charge in [0.1, 0.15) is 11.7 Å². The van der Waals surface area contributed by atoms with Crippen molar-refractivity contribution >= 4 is 29.1 Å². The van der Waals surface area contributed by atoms with Gasteiger partial charge in [0.25, 0.3) is 0 Å². The zero-order chi connectivity index (χ0) is 17.5. The minimum atomic E-state index is -1.24. The lowest BCUT2D eigenvalue weighted by Gasteiger charge is -2.42. The predicted octanol–water partition coefficient (Wildman–Crippen LogP) is 3.04. The van der Waals surface area contributed by atoms with E-state index in [9.17, 15) is 20.0 Å². The molecule has 1 aromatic rings. The molecule has 1 atom stereocenters. The summed E-state index contributed by atoms with van der Waals surface area (Å²) in [5.74, 6) is -1.02. The quantitative estimate of drug-likeness (QED) is 0.475. The number of nitrogens with zero attached hydrogens (tertiary/aromatic N) is 4. The van der Waals surface area contributed by atoms with Crippen LogP contribution in [0.3, 0.4) is 0 Å². The van der Waals surface area contributed by atoms with Crippen LogP contribution in [0, 0.1) is 16.0 Å². The van der Waals surface area contributed by atoms with E-state index in [2.05, 4.69) is 9.97 Å². The first kappa shape index (κ1) is 16.9. The van der Waals surface area contributed by atoms with Crippen LogP contribution in [0.2, 0.25) is 5.28 Å². The van der Waals surface area contributed by atoms with E-state index < -0.39 is 16.4 Å². The van der Waals surface area contributed by atoms with E-state index in [-0.39, 0.29) is 28.7 Å². The van der Waals surface area contributed by atoms with Crippen LogP contribution >= 0.6 is 11.6 Å². The Hall–Kier alpha value is -1.96. The summed E-state index contributed by atoms with van der Waals surface area (Å²) >= 11 is 5.88. The van der Waals surface area contributed by atoms with Gasteiger partial charge in [0, 0.05) is 6.04 Å². The van der Waals surface area contributed by atoms with Crippen LogP contribution in [0.5, 0.6) is 0 Å². The normalized spacial score (nSPS) is 20.6. The fourth-order valence-electron chi connectivity index (χ4n) is 3.71. The topological polar surface area (TPSA) is 109 Å². The van der Waals surface area contributed by atoms with Crippen molar-refractivity contribution in [3.8, 4) is 0 Å². The zero-order valence-electron chi connectivity index (χ0n) is 13.3. The van der Waals surface area contributed by atoms with Gasteiger partial charge in [-0.2, -0.15) is 4.98 Å². The first-order valence-corrected chi connectivity index (χ1v) is 8.43. The molecule has 0 saturated heterocycles. The third-order valence-electron chi connectivity index (χ3n) is 5.14. The standard InChI is InChI=1S/C15H19ClN4O4/c1-15(13(21)22,9-6-7-9)19(10-4-2-3-5-10)12-11(20(23)24)8-17-14(16)18-12/h8-10H,2-7H2,1H3,(H,21,22)/t15-/m1/s1. The van der Waals surface area contributed by atoms with Gasteiger partial charge in [0.15, 0.2) is 0 Å². The van der Waals surface area contributed by atoms with Crippen molar-refractivity contribution in [3.63, 3.8) is 0 Å². The van der Waals surface area contributed by atoms with Gasteiger partial charge in [-0.1, -0.05) is 12.8 Å². The minimum Gasteiger partial charge on any atom is -0.479 e. The van der Waals surface area contributed by atoms with Crippen LogP contribution in [0.15, 0.2) is 6.20 Å². The van der Waals surface area contributed by atoms with Crippen molar-refractivity contribution < 1.29 is 14.8 Å². The molecule has 24 heavy (non-hydrogen) atoms. The highest BCUT2D eigenvalue weighted by molar-refractivity contribution is 6.28. The second-order valence-electron chi connectivity index (χ2n) is 6.64. The summed E-state index contributed by atoms with van der Waals surface area (Å²) in [5, 5.41) is 21.3. The van der Waals surface area contributed by atoms with Crippen LogP contribution in [0.1, 0.15) is 45.4 Å². The number of hydrogen-bond acceptors (Lipinski definition) is 6. The summed E-state index contributed by atoms with van der Waals surface area (Å²) in [7, 11) is 0. The minimum absolute atomic E-state index is 0.0173. The molecule has 0 spiro atoms. The van der Waals surface area contributed by atoms with Gasteiger partial charge in [0.2, 0.25) is 11.1 Å². The van der Waals surface area contributed by atoms with E-state index in [1.54, 1.807) is 11.8 Å². The monoisotopic (exact) mass is 354 g/mol. The maximum Gasteiger partial charge on any atom is 0.329 e. The average molecular weight is 355 g/mol. The maximum atomic E-state index is 12.2. The lowest BCUT2D eigenvalue weighted by atomic mass is 9.90. The lowest BCUT2D eigenvalue weighted by Crippen LogP contribution is -2.58. The molecule has 2 aliphatic carbocycles. The van der Waals surface area contributed by atoms with Crippen molar-refractivity contribution in [2.75, 3.05) is 4.90 Å². The smallest absolute Gasteiger partial charge is 0.329 e. The molecule has 2 saturated carbocycles. The van der Waals surface area contributed by atoms with Gasteiger partial charge < -0.3 is 10.0 Å². The molecule has 8 nitrogen and oxygen atoms in total. The highest BCUT2D eigenvalue weighted by Crippen LogP contribution is 2.48. The second-order valence-corrected chi connectivity index (χ2v) is 6.98. The first-order valence-electron chi connectivity index (χ1n) is 8.05. The molecule has 0 bridgehead atoms. The van der Waals surface area contributed by atoms with Gasteiger partial charge >= 0.3 is 11.7 Å². The van der Waals surface area contributed by atoms with Crippen molar-refractivity contribution in [2.45, 2.75) is 57.0 Å². The number of anilines is 1. The highest BCUT2D eigenvalue weighted by Gasteiger charge is 2.55. The fraction of sp³-hybridized carbons (Fsp3) is 0.667. The van der Waals surface area contributed by atoms with Gasteiger partial charge in [0.05, 0.1) is 4.92 Å². The van der Waals surface area contributed by atoms with Gasteiger partial charge in [-0.3, -0.25) is 10.1 Å². The third kappa shape index (κ3) is 2.79. The molecule has 0 aliphatic heterocycles. The Kier molecular flexibility index (Phi) is 4.33. The molecule has 2 fully saturated rings. The molecular formula is C15H19ClN4O4. The summed E-state index contributed by atoms with van der Waals surface area (Å²) in [6.45, 7) is 1.64. The number of nitro groups is 1. The van der Waals surface area contributed by atoms with Gasteiger partial charge in [-0.05, 0) is 50.1 Å². The first-order chi connectivity index (χ1) is 11.4. The molecule has 0 radical (unpaired) electrons. The van der Waals surface area contributed by atoms with Crippen LogP contribution in [0.25, 0.3) is 0 Å². The van der Waals surface area contributed by atoms with Gasteiger partial charge in [-0.25, -0.2) is 9.78 Å². The Labute approximate surface area is 144 Å². The summed E-state index contributed by atoms with van der Waals surface area (Å²) in [5.41, 5.74) is -1.54. The number of halogens is 1. The molecule has 1 heterocycles. The molecule has 1 N–H and O–H groups in total. The van der Waals surface area contributed by atoms with Crippen LogP contribution in [-0.4, -0.2) is 37.5 Å². The second kappa shape index (κ2) is 6.16. The fourth-order valence-corrected chi connectivity index (χ4v) is 3.84. The average Bonchev–Trinajstić information content (AvgIpc) is 3.25. The van der Waals surface area contributed by atoms with E-state index in [0.29, 0.717) is 0 Å². The Morgan fingerprint density at radius 2 is 2.04 bits per heavy atom. The third-order valence-corrected chi connectivity index (χ3v) is 5.32. The molecule has 2 aliphatic rings. The molecule has 0 amide bonds. The number of carboxylic acid groups (broad SMARTS) is 1. The van der Waals surface area contributed by atoms with E-state index in [1.165, 1.54) is 0 Å². The summed E-state index contributed by atoms with van der Waals surface area (Å²) < 4.78 is 0. The van der Waals surface area contributed by atoms with Crippen molar-refractivity contribution in [3.05, 3.63) is 21.6 Å². The number of aromatic nitrogens is 2. The Balaban J connectivity index is 2.17. The molecule has 130 valence electrons.